The Kier molecular flexibility index (Phi) is 3.82. The number of amides is 1. The summed E-state index contributed by atoms with van der Waals surface area (Å²) in [7, 11) is 0. The Labute approximate surface area is 97.1 Å². The van der Waals surface area contributed by atoms with Gasteiger partial charge >= 0.3 is 0 Å². The second-order valence-electron chi connectivity index (χ2n) is 5.09. The molecule has 0 spiro atoms. The highest BCUT2D eigenvalue weighted by Crippen LogP contribution is 2.23. The van der Waals surface area contributed by atoms with Crippen LogP contribution in [0.15, 0.2) is 0 Å². The van der Waals surface area contributed by atoms with Crippen molar-refractivity contribution in [3.05, 3.63) is 0 Å². The van der Waals surface area contributed by atoms with Crippen molar-refractivity contribution < 1.29 is 9.53 Å². The van der Waals surface area contributed by atoms with Crippen LogP contribution in [-0.2, 0) is 9.53 Å². The fraction of sp³-hybridized carbons (Fsp3) is 0.917. The summed E-state index contributed by atoms with van der Waals surface area (Å²) in [6.45, 7) is 4.53. The third-order valence-corrected chi connectivity index (χ3v) is 3.61. The van der Waals surface area contributed by atoms with Gasteiger partial charge in [-0.1, -0.05) is 6.92 Å². The minimum atomic E-state index is -0.223. The van der Waals surface area contributed by atoms with Crippen molar-refractivity contribution in [2.75, 3.05) is 19.6 Å². The molecule has 2 aliphatic rings. The van der Waals surface area contributed by atoms with Crippen molar-refractivity contribution >= 4 is 5.91 Å². The molecule has 2 aliphatic heterocycles. The number of piperidine rings is 1. The van der Waals surface area contributed by atoms with Crippen LogP contribution in [0.25, 0.3) is 0 Å². The average molecular weight is 226 g/mol. The predicted octanol–water partition coefficient (Wildman–Crippen LogP) is 0.751. The van der Waals surface area contributed by atoms with Crippen molar-refractivity contribution in [1.29, 1.82) is 0 Å². The first-order valence-electron chi connectivity index (χ1n) is 6.35. The highest BCUT2D eigenvalue weighted by molar-refractivity contribution is 5.81. The molecule has 0 aliphatic carbocycles. The number of rotatable bonds is 2. The Morgan fingerprint density at radius 2 is 2.25 bits per heavy atom. The van der Waals surface area contributed by atoms with Crippen molar-refractivity contribution in [2.24, 2.45) is 11.7 Å². The molecular formula is C12H22N2O2. The highest BCUT2D eigenvalue weighted by Gasteiger charge is 2.33. The molecule has 0 aromatic heterocycles. The quantitative estimate of drug-likeness (QED) is 0.756. The molecule has 1 amide bonds. The summed E-state index contributed by atoms with van der Waals surface area (Å²) in [5.74, 6) is 0.812. The molecule has 4 heteroatoms. The van der Waals surface area contributed by atoms with Gasteiger partial charge in [0, 0.05) is 19.6 Å². The number of nitrogens with zero attached hydrogens (tertiary/aromatic N) is 1. The Morgan fingerprint density at radius 1 is 1.44 bits per heavy atom. The summed E-state index contributed by atoms with van der Waals surface area (Å²) >= 11 is 0. The maximum atomic E-state index is 12.2. The van der Waals surface area contributed by atoms with Gasteiger partial charge in [0.15, 0.2) is 0 Å². The summed E-state index contributed by atoms with van der Waals surface area (Å²) in [6, 6.07) is 0. The molecule has 2 N–H and O–H groups in total. The van der Waals surface area contributed by atoms with Crippen LogP contribution >= 0.6 is 0 Å². The van der Waals surface area contributed by atoms with E-state index in [-0.39, 0.29) is 18.1 Å². The molecule has 0 aromatic rings. The third kappa shape index (κ3) is 2.55. The van der Waals surface area contributed by atoms with Crippen LogP contribution in [-0.4, -0.2) is 42.6 Å². The van der Waals surface area contributed by atoms with E-state index in [0.29, 0.717) is 12.5 Å². The molecule has 0 bridgehead atoms. The van der Waals surface area contributed by atoms with Gasteiger partial charge in [-0.25, -0.2) is 0 Å². The molecule has 16 heavy (non-hydrogen) atoms. The molecule has 2 rings (SSSR count). The van der Waals surface area contributed by atoms with E-state index in [1.165, 1.54) is 6.42 Å². The molecule has 2 heterocycles. The molecule has 4 nitrogen and oxygen atoms in total. The summed E-state index contributed by atoms with van der Waals surface area (Å²) < 4.78 is 5.64. The fourth-order valence-corrected chi connectivity index (χ4v) is 2.65. The lowest BCUT2D eigenvalue weighted by Gasteiger charge is -2.32. The van der Waals surface area contributed by atoms with Crippen molar-refractivity contribution in [1.82, 2.24) is 4.90 Å². The second kappa shape index (κ2) is 5.15. The summed E-state index contributed by atoms with van der Waals surface area (Å²) in [5.41, 5.74) is 5.55. The summed E-state index contributed by atoms with van der Waals surface area (Å²) in [6.07, 6.45) is 4.00. The van der Waals surface area contributed by atoms with Gasteiger partial charge < -0.3 is 15.4 Å². The SMILES string of the molecule is CC1CCCN(C(=O)[C@@H]2CC[C@H](CN)O2)C1. The van der Waals surface area contributed by atoms with Crippen LogP contribution in [0.3, 0.4) is 0 Å². The van der Waals surface area contributed by atoms with E-state index in [2.05, 4.69) is 6.92 Å². The van der Waals surface area contributed by atoms with Crippen LogP contribution in [0.1, 0.15) is 32.6 Å². The first-order chi connectivity index (χ1) is 7.70. The zero-order valence-electron chi connectivity index (χ0n) is 10.0. The number of hydrogen-bond acceptors (Lipinski definition) is 3. The number of nitrogens with two attached hydrogens (primary N) is 1. The van der Waals surface area contributed by atoms with E-state index in [1.807, 2.05) is 4.90 Å². The normalized spacial score (nSPS) is 35.4. The lowest BCUT2D eigenvalue weighted by atomic mass is 9.99. The zero-order valence-corrected chi connectivity index (χ0v) is 10.0. The minimum Gasteiger partial charge on any atom is -0.364 e. The Bertz CT molecular complexity index is 257. The fourth-order valence-electron chi connectivity index (χ4n) is 2.65. The maximum absolute atomic E-state index is 12.2. The Balaban J connectivity index is 1.87. The van der Waals surface area contributed by atoms with Gasteiger partial charge in [-0.3, -0.25) is 4.79 Å². The van der Waals surface area contributed by atoms with Gasteiger partial charge in [0.05, 0.1) is 6.10 Å². The number of carbonyl (C=O) groups is 1. The highest BCUT2D eigenvalue weighted by atomic mass is 16.5. The lowest BCUT2D eigenvalue weighted by Crippen LogP contribution is -2.44. The third-order valence-electron chi connectivity index (χ3n) is 3.61. The van der Waals surface area contributed by atoms with Gasteiger partial charge in [0.2, 0.25) is 0 Å². The van der Waals surface area contributed by atoms with Crippen LogP contribution in [0.5, 0.6) is 0 Å². The number of hydrogen-bond donors (Lipinski definition) is 1. The number of likely N-dealkylation sites (tertiary alicyclic amines) is 1. The molecule has 1 unspecified atom stereocenters. The Morgan fingerprint density at radius 3 is 2.88 bits per heavy atom. The number of carbonyl (C=O) groups excluding carboxylic acids is 1. The molecule has 3 atom stereocenters. The van der Waals surface area contributed by atoms with Crippen LogP contribution in [0.4, 0.5) is 0 Å². The Hall–Kier alpha value is -0.610. The maximum Gasteiger partial charge on any atom is 0.251 e. The molecule has 0 aromatic carbocycles. The molecule has 0 radical (unpaired) electrons. The molecular weight excluding hydrogens is 204 g/mol. The van der Waals surface area contributed by atoms with Crippen molar-refractivity contribution in [3.8, 4) is 0 Å². The van der Waals surface area contributed by atoms with Gasteiger partial charge in [0.1, 0.15) is 6.10 Å². The van der Waals surface area contributed by atoms with E-state index in [1.54, 1.807) is 0 Å². The molecule has 2 fully saturated rings. The predicted molar refractivity (Wildman–Crippen MR) is 61.9 cm³/mol. The minimum absolute atomic E-state index is 0.0937. The molecule has 2 saturated heterocycles. The largest absolute Gasteiger partial charge is 0.364 e. The van der Waals surface area contributed by atoms with E-state index in [4.69, 9.17) is 10.5 Å². The van der Waals surface area contributed by atoms with E-state index >= 15 is 0 Å². The first-order valence-corrected chi connectivity index (χ1v) is 6.35. The van der Waals surface area contributed by atoms with Crippen molar-refractivity contribution in [3.63, 3.8) is 0 Å². The number of ether oxygens (including phenoxy) is 1. The second-order valence-corrected chi connectivity index (χ2v) is 5.09. The van der Waals surface area contributed by atoms with Crippen LogP contribution < -0.4 is 5.73 Å². The lowest BCUT2D eigenvalue weighted by molar-refractivity contribution is -0.144. The van der Waals surface area contributed by atoms with E-state index in [9.17, 15) is 4.79 Å². The topological polar surface area (TPSA) is 55.6 Å². The molecule has 0 saturated carbocycles. The van der Waals surface area contributed by atoms with E-state index in [0.717, 1.165) is 32.4 Å². The average Bonchev–Trinajstić information content (AvgIpc) is 2.76. The first kappa shape index (κ1) is 11.9. The standard InChI is InChI=1S/C12H22N2O2/c1-9-3-2-6-14(8-9)12(15)11-5-4-10(7-13)16-11/h9-11H,2-8,13H2,1H3/t9?,10-,11+/m1/s1. The van der Waals surface area contributed by atoms with Crippen LogP contribution in [0.2, 0.25) is 0 Å². The van der Waals surface area contributed by atoms with Crippen LogP contribution in [0, 0.1) is 5.92 Å². The zero-order chi connectivity index (χ0) is 11.5. The molecule has 92 valence electrons. The smallest absolute Gasteiger partial charge is 0.251 e. The van der Waals surface area contributed by atoms with Gasteiger partial charge in [-0.2, -0.15) is 0 Å². The van der Waals surface area contributed by atoms with Gasteiger partial charge in [0.25, 0.3) is 5.91 Å². The monoisotopic (exact) mass is 226 g/mol. The summed E-state index contributed by atoms with van der Waals surface area (Å²) in [5, 5.41) is 0. The van der Waals surface area contributed by atoms with Crippen molar-refractivity contribution in [2.45, 2.75) is 44.8 Å². The summed E-state index contributed by atoms with van der Waals surface area (Å²) in [4.78, 5) is 14.1. The van der Waals surface area contributed by atoms with E-state index < -0.39 is 0 Å². The van der Waals surface area contributed by atoms with Gasteiger partial charge in [-0.05, 0) is 31.6 Å². The van der Waals surface area contributed by atoms with Gasteiger partial charge in [-0.15, -0.1) is 0 Å².